The molecule has 0 bridgehead atoms. The molecule has 0 saturated carbocycles. The van der Waals surface area contributed by atoms with Crippen molar-refractivity contribution < 1.29 is 9.13 Å². The van der Waals surface area contributed by atoms with E-state index in [1.165, 1.54) is 12.1 Å². The van der Waals surface area contributed by atoms with Crippen LogP contribution >= 0.6 is 0 Å². The van der Waals surface area contributed by atoms with Gasteiger partial charge in [0.15, 0.2) is 0 Å². The second-order valence-corrected chi connectivity index (χ2v) is 7.91. The number of ether oxygens (including phenoxy) is 1. The fourth-order valence-corrected chi connectivity index (χ4v) is 3.38. The van der Waals surface area contributed by atoms with Gasteiger partial charge in [-0.25, -0.2) is 9.37 Å². The minimum absolute atomic E-state index is 0.211. The molecule has 2 N–H and O–H groups in total. The number of fused-ring (bicyclic) bond motifs is 1. The highest BCUT2D eigenvalue weighted by Gasteiger charge is 2.17. The number of rotatable bonds is 6. The van der Waals surface area contributed by atoms with Gasteiger partial charge in [0.05, 0.1) is 23.5 Å². The van der Waals surface area contributed by atoms with E-state index in [0.717, 1.165) is 40.0 Å². The zero-order valence-electron chi connectivity index (χ0n) is 16.3. The first kappa shape index (κ1) is 19.2. The molecule has 3 rings (SSSR count). The van der Waals surface area contributed by atoms with Crippen molar-refractivity contribution in [1.82, 2.24) is 9.97 Å². The molecule has 2 heterocycles. The summed E-state index contributed by atoms with van der Waals surface area (Å²) in [4.78, 5) is 8.97. The number of nitrogens with two attached hydrogens (primary N) is 1. The molecule has 27 heavy (non-hydrogen) atoms. The fraction of sp³-hybridized carbons (Fsp3) is 0.364. The zero-order chi connectivity index (χ0) is 19.6. The Hall–Kier alpha value is -2.53. The van der Waals surface area contributed by atoms with Crippen LogP contribution in [0.5, 0.6) is 5.75 Å². The van der Waals surface area contributed by atoms with Crippen LogP contribution in [0.1, 0.15) is 32.9 Å². The van der Waals surface area contributed by atoms with Crippen LogP contribution in [-0.4, -0.2) is 22.1 Å². The first-order valence-corrected chi connectivity index (χ1v) is 9.17. The van der Waals surface area contributed by atoms with Gasteiger partial charge in [-0.05, 0) is 69.5 Å². The van der Waals surface area contributed by atoms with Gasteiger partial charge in [-0.1, -0.05) is 6.92 Å². The van der Waals surface area contributed by atoms with Crippen LogP contribution in [0, 0.1) is 18.7 Å². The number of nitrogens with zero attached hydrogens (tertiary/aromatic N) is 2. The Morgan fingerprint density at radius 1 is 1.19 bits per heavy atom. The van der Waals surface area contributed by atoms with Crippen molar-refractivity contribution in [1.29, 1.82) is 0 Å². The van der Waals surface area contributed by atoms with Crippen molar-refractivity contribution in [2.45, 2.75) is 39.7 Å². The second-order valence-electron chi connectivity index (χ2n) is 7.91. The maximum atomic E-state index is 13.7. The summed E-state index contributed by atoms with van der Waals surface area (Å²) in [6.45, 7) is 8.68. The predicted molar refractivity (Wildman–Crippen MR) is 107 cm³/mol. The number of benzene rings is 1. The molecule has 1 atom stereocenters. The minimum atomic E-state index is -0.287. The molecule has 0 radical (unpaired) electrons. The fourth-order valence-electron chi connectivity index (χ4n) is 3.38. The van der Waals surface area contributed by atoms with E-state index < -0.39 is 0 Å². The summed E-state index contributed by atoms with van der Waals surface area (Å²) in [6, 6.07) is 10.3. The molecule has 0 spiro atoms. The summed E-state index contributed by atoms with van der Waals surface area (Å²) >= 11 is 0. The highest BCUT2D eigenvalue weighted by molar-refractivity contribution is 5.93. The van der Waals surface area contributed by atoms with Crippen molar-refractivity contribution in [3.63, 3.8) is 0 Å². The lowest BCUT2D eigenvalue weighted by Crippen LogP contribution is -2.35. The van der Waals surface area contributed by atoms with E-state index in [0.29, 0.717) is 12.5 Å². The van der Waals surface area contributed by atoms with Gasteiger partial charge in [-0.3, -0.25) is 4.98 Å². The lowest BCUT2D eigenvalue weighted by molar-refractivity contribution is 0.227. The third-order valence-electron chi connectivity index (χ3n) is 4.41. The van der Waals surface area contributed by atoms with E-state index in [-0.39, 0.29) is 11.4 Å². The van der Waals surface area contributed by atoms with E-state index in [1.54, 1.807) is 12.3 Å². The van der Waals surface area contributed by atoms with Crippen LogP contribution < -0.4 is 10.5 Å². The molecular weight excluding hydrogens is 341 g/mol. The summed E-state index contributed by atoms with van der Waals surface area (Å²) in [5.41, 5.74) is 9.03. The predicted octanol–water partition coefficient (Wildman–Crippen LogP) is 4.89. The molecule has 2 aromatic heterocycles. The number of halogens is 1. The van der Waals surface area contributed by atoms with Crippen LogP contribution in [-0.2, 0) is 0 Å². The standard InChI is InChI=1S/C22H26FN3O/c1-14(12-22(3,4)24)13-27-21-8-7-20(26-15(21)2)17-9-10-25-19-6-5-16(23)11-18(17)19/h5-11,14H,12-13,24H2,1-4H3/t14-/m0/s1. The topological polar surface area (TPSA) is 61.0 Å². The molecule has 0 aliphatic carbocycles. The molecular formula is C22H26FN3O. The molecule has 0 unspecified atom stereocenters. The highest BCUT2D eigenvalue weighted by Crippen LogP contribution is 2.29. The second kappa shape index (κ2) is 7.61. The van der Waals surface area contributed by atoms with Gasteiger partial charge in [0.25, 0.3) is 0 Å². The van der Waals surface area contributed by atoms with E-state index in [4.69, 9.17) is 10.5 Å². The third kappa shape index (κ3) is 4.80. The van der Waals surface area contributed by atoms with Gasteiger partial charge in [0, 0.05) is 22.7 Å². The Kier molecular flexibility index (Phi) is 5.42. The van der Waals surface area contributed by atoms with Gasteiger partial charge in [0.2, 0.25) is 0 Å². The van der Waals surface area contributed by atoms with Crippen LogP contribution in [0.3, 0.4) is 0 Å². The van der Waals surface area contributed by atoms with Gasteiger partial charge < -0.3 is 10.5 Å². The average molecular weight is 367 g/mol. The minimum Gasteiger partial charge on any atom is -0.491 e. The van der Waals surface area contributed by atoms with Crippen LogP contribution in [0.15, 0.2) is 42.6 Å². The number of hydrogen-bond acceptors (Lipinski definition) is 4. The Balaban J connectivity index is 1.82. The average Bonchev–Trinajstić information content (AvgIpc) is 2.58. The first-order chi connectivity index (χ1) is 12.7. The van der Waals surface area contributed by atoms with Gasteiger partial charge in [0.1, 0.15) is 11.6 Å². The summed E-state index contributed by atoms with van der Waals surface area (Å²) in [5, 5.41) is 0.747. The molecule has 1 aromatic carbocycles. The van der Waals surface area contributed by atoms with Gasteiger partial charge >= 0.3 is 0 Å². The Morgan fingerprint density at radius 3 is 2.67 bits per heavy atom. The summed E-state index contributed by atoms with van der Waals surface area (Å²) < 4.78 is 19.6. The lowest BCUT2D eigenvalue weighted by Gasteiger charge is -2.23. The van der Waals surface area contributed by atoms with Crippen molar-refractivity contribution in [3.8, 4) is 17.0 Å². The highest BCUT2D eigenvalue weighted by atomic mass is 19.1. The van der Waals surface area contributed by atoms with E-state index in [1.807, 2.05) is 39.0 Å². The summed E-state index contributed by atoms with van der Waals surface area (Å²) in [7, 11) is 0. The maximum Gasteiger partial charge on any atom is 0.140 e. The zero-order valence-corrected chi connectivity index (χ0v) is 16.3. The molecule has 0 fully saturated rings. The molecule has 0 amide bonds. The number of hydrogen-bond donors (Lipinski definition) is 1. The summed E-state index contributed by atoms with van der Waals surface area (Å²) in [5.74, 6) is 0.811. The molecule has 142 valence electrons. The number of pyridine rings is 2. The lowest BCUT2D eigenvalue weighted by atomic mass is 9.93. The van der Waals surface area contributed by atoms with Crippen molar-refractivity contribution in [2.75, 3.05) is 6.61 Å². The molecule has 0 saturated heterocycles. The van der Waals surface area contributed by atoms with Crippen molar-refractivity contribution in [3.05, 3.63) is 54.1 Å². The number of aromatic nitrogens is 2. The quantitative estimate of drug-likeness (QED) is 0.674. The van der Waals surface area contributed by atoms with Crippen LogP contribution in [0.2, 0.25) is 0 Å². The van der Waals surface area contributed by atoms with E-state index >= 15 is 0 Å². The number of aryl methyl sites for hydroxylation is 1. The molecule has 0 aliphatic rings. The first-order valence-electron chi connectivity index (χ1n) is 9.17. The summed E-state index contributed by atoms with van der Waals surface area (Å²) in [6.07, 6.45) is 2.60. The van der Waals surface area contributed by atoms with E-state index in [2.05, 4.69) is 16.9 Å². The van der Waals surface area contributed by atoms with Gasteiger partial charge in [-0.15, -0.1) is 0 Å². The third-order valence-corrected chi connectivity index (χ3v) is 4.41. The normalized spacial score (nSPS) is 13.0. The monoisotopic (exact) mass is 367 g/mol. The van der Waals surface area contributed by atoms with Gasteiger partial charge in [-0.2, -0.15) is 0 Å². The van der Waals surface area contributed by atoms with Crippen LogP contribution in [0.25, 0.3) is 22.2 Å². The van der Waals surface area contributed by atoms with Crippen molar-refractivity contribution >= 4 is 10.9 Å². The van der Waals surface area contributed by atoms with E-state index in [9.17, 15) is 4.39 Å². The molecule has 5 heteroatoms. The molecule has 4 nitrogen and oxygen atoms in total. The smallest absolute Gasteiger partial charge is 0.140 e. The molecule has 0 aliphatic heterocycles. The Labute approximate surface area is 159 Å². The SMILES string of the molecule is Cc1nc(-c2ccnc3ccc(F)cc23)ccc1OC[C@@H](C)CC(C)(C)N. The van der Waals surface area contributed by atoms with Crippen molar-refractivity contribution in [2.24, 2.45) is 11.7 Å². The molecule has 3 aromatic rings. The Morgan fingerprint density at radius 2 is 1.96 bits per heavy atom. The Bertz CT molecular complexity index is 950. The maximum absolute atomic E-state index is 13.7. The van der Waals surface area contributed by atoms with Crippen LogP contribution in [0.4, 0.5) is 4.39 Å². The largest absolute Gasteiger partial charge is 0.491 e.